The number of ether oxygens (including phenoxy) is 1. The number of hydrogen-bond acceptors (Lipinski definition) is 3. The van der Waals surface area contributed by atoms with Gasteiger partial charge in [0.25, 0.3) is 0 Å². The van der Waals surface area contributed by atoms with Crippen LogP contribution >= 0.6 is 12.4 Å². The Balaban J connectivity index is 0.00000324. The van der Waals surface area contributed by atoms with E-state index in [-0.39, 0.29) is 18.3 Å². The number of hydrogen-bond donors (Lipinski definition) is 2. The van der Waals surface area contributed by atoms with Crippen LogP contribution < -0.4 is 10.6 Å². The lowest BCUT2D eigenvalue weighted by Crippen LogP contribution is -2.46. The molecule has 1 aliphatic rings. The van der Waals surface area contributed by atoms with Gasteiger partial charge in [-0.3, -0.25) is 4.79 Å². The first-order valence-electron chi connectivity index (χ1n) is 7.27. The molecule has 0 radical (unpaired) electrons. The molecule has 1 saturated carbocycles. The first-order chi connectivity index (χ1) is 8.77. The third-order valence-corrected chi connectivity index (χ3v) is 3.70. The highest BCUT2D eigenvalue weighted by molar-refractivity contribution is 5.85. The van der Waals surface area contributed by atoms with E-state index in [1.54, 1.807) is 7.11 Å². The number of unbranched alkanes of at least 4 members (excludes halogenated alkanes) is 1. The quantitative estimate of drug-likeness (QED) is 0.607. The first kappa shape index (κ1) is 18.7. The third-order valence-electron chi connectivity index (χ3n) is 3.70. The molecule has 0 aliphatic heterocycles. The number of methoxy groups -OCH3 is 1. The predicted octanol–water partition coefficient (Wildman–Crippen LogP) is 2.12. The molecule has 0 saturated heterocycles. The molecule has 5 heteroatoms. The molecule has 0 aromatic heterocycles. The van der Waals surface area contributed by atoms with Crippen molar-refractivity contribution in [3.8, 4) is 0 Å². The minimum atomic E-state index is 0. The number of carbonyl (C=O) groups excluding carboxylic acids is 1. The summed E-state index contributed by atoms with van der Waals surface area (Å²) < 4.78 is 4.93. The lowest BCUT2D eigenvalue weighted by molar-refractivity contribution is -0.121. The maximum atomic E-state index is 11.8. The third kappa shape index (κ3) is 7.75. The molecule has 0 spiro atoms. The largest absolute Gasteiger partial charge is 0.383 e. The van der Waals surface area contributed by atoms with Crippen LogP contribution in [-0.2, 0) is 9.53 Å². The Kier molecular flexibility index (Phi) is 11.3. The van der Waals surface area contributed by atoms with Gasteiger partial charge in [-0.15, -0.1) is 12.4 Å². The molecule has 0 aromatic carbocycles. The van der Waals surface area contributed by atoms with Crippen LogP contribution in [0.25, 0.3) is 0 Å². The molecular formula is C14H29ClN2O2. The number of amides is 1. The fourth-order valence-corrected chi connectivity index (χ4v) is 2.33. The van der Waals surface area contributed by atoms with Crippen LogP contribution in [0.4, 0.5) is 0 Å². The van der Waals surface area contributed by atoms with Crippen molar-refractivity contribution in [1.29, 1.82) is 0 Å². The Morgan fingerprint density at radius 1 is 1.42 bits per heavy atom. The van der Waals surface area contributed by atoms with E-state index in [1.165, 1.54) is 32.1 Å². The van der Waals surface area contributed by atoms with E-state index in [0.29, 0.717) is 19.2 Å². The zero-order valence-electron chi connectivity index (χ0n) is 12.2. The predicted molar refractivity (Wildman–Crippen MR) is 80.8 cm³/mol. The maximum Gasteiger partial charge on any atom is 0.234 e. The molecule has 1 unspecified atom stereocenters. The van der Waals surface area contributed by atoms with Gasteiger partial charge < -0.3 is 15.4 Å². The second-order valence-electron chi connectivity index (χ2n) is 5.18. The summed E-state index contributed by atoms with van der Waals surface area (Å²) in [6, 6.07) is 0.399. The van der Waals surface area contributed by atoms with Gasteiger partial charge in [0.15, 0.2) is 0 Å². The van der Waals surface area contributed by atoms with Crippen LogP contribution in [0.5, 0.6) is 0 Å². The lowest BCUT2D eigenvalue weighted by atomic mass is 9.78. The van der Waals surface area contributed by atoms with Crippen molar-refractivity contribution in [3.63, 3.8) is 0 Å². The molecule has 1 aliphatic carbocycles. The van der Waals surface area contributed by atoms with E-state index in [2.05, 4.69) is 17.6 Å². The molecule has 19 heavy (non-hydrogen) atoms. The van der Waals surface area contributed by atoms with Crippen LogP contribution in [0.1, 0.15) is 45.4 Å². The fourth-order valence-electron chi connectivity index (χ4n) is 2.33. The van der Waals surface area contributed by atoms with E-state index in [9.17, 15) is 4.79 Å². The van der Waals surface area contributed by atoms with Gasteiger partial charge in [-0.2, -0.15) is 0 Å². The van der Waals surface area contributed by atoms with Crippen LogP contribution in [-0.4, -0.2) is 38.8 Å². The Labute approximate surface area is 123 Å². The molecule has 2 N–H and O–H groups in total. The number of rotatable bonds is 10. The summed E-state index contributed by atoms with van der Waals surface area (Å²) in [5.74, 6) is 0.846. The Bertz CT molecular complexity index is 235. The molecule has 0 aromatic rings. The van der Waals surface area contributed by atoms with Gasteiger partial charge in [-0.05, 0) is 25.2 Å². The average Bonchev–Trinajstić information content (AvgIpc) is 2.29. The normalized spacial score (nSPS) is 16.3. The van der Waals surface area contributed by atoms with Gasteiger partial charge in [-0.25, -0.2) is 0 Å². The summed E-state index contributed by atoms with van der Waals surface area (Å²) >= 11 is 0. The highest BCUT2D eigenvalue weighted by atomic mass is 35.5. The van der Waals surface area contributed by atoms with Crippen LogP contribution in [0.15, 0.2) is 0 Å². The Morgan fingerprint density at radius 2 is 2.16 bits per heavy atom. The van der Waals surface area contributed by atoms with Crippen molar-refractivity contribution < 1.29 is 9.53 Å². The summed E-state index contributed by atoms with van der Waals surface area (Å²) in [5.41, 5.74) is 0. The van der Waals surface area contributed by atoms with Crippen molar-refractivity contribution in [2.24, 2.45) is 5.92 Å². The molecule has 1 fully saturated rings. The van der Waals surface area contributed by atoms with E-state index in [1.807, 2.05) is 0 Å². The van der Waals surface area contributed by atoms with Crippen molar-refractivity contribution in [1.82, 2.24) is 10.6 Å². The van der Waals surface area contributed by atoms with Crippen molar-refractivity contribution >= 4 is 18.3 Å². The second-order valence-corrected chi connectivity index (χ2v) is 5.18. The summed E-state index contributed by atoms with van der Waals surface area (Å²) in [4.78, 5) is 11.8. The van der Waals surface area contributed by atoms with Gasteiger partial charge in [0.1, 0.15) is 0 Å². The molecule has 0 bridgehead atoms. The summed E-state index contributed by atoms with van der Waals surface area (Å²) in [7, 11) is 1.67. The molecule has 0 heterocycles. The van der Waals surface area contributed by atoms with Crippen LogP contribution in [0.2, 0.25) is 0 Å². The molecule has 1 amide bonds. The summed E-state index contributed by atoms with van der Waals surface area (Å²) in [6.45, 7) is 3.98. The van der Waals surface area contributed by atoms with Gasteiger partial charge in [0, 0.05) is 19.7 Å². The Hall–Kier alpha value is -0.320. The minimum absolute atomic E-state index is 0. The van der Waals surface area contributed by atoms with Gasteiger partial charge >= 0.3 is 0 Å². The van der Waals surface area contributed by atoms with Gasteiger partial charge in [0.2, 0.25) is 5.91 Å². The number of nitrogens with one attached hydrogen (secondary N) is 2. The molecule has 1 atom stereocenters. The minimum Gasteiger partial charge on any atom is -0.383 e. The van der Waals surface area contributed by atoms with Crippen molar-refractivity contribution in [2.75, 3.05) is 26.8 Å². The van der Waals surface area contributed by atoms with Crippen molar-refractivity contribution in [3.05, 3.63) is 0 Å². The molecule has 1 rings (SSSR count). The standard InChI is InChI=1S/C14H28N2O2.ClH/c1-3-4-8-13(12-6-5-7-12)16-14(17)11-15-9-10-18-2;/h12-13,15H,3-11H2,1-2H3,(H,16,17);1H. The topological polar surface area (TPSA) is 50.4 Å². The number of halogens is 1. The average molecular weight is 293 g/mol. The SMILES string of the molecule is CCCCC(NC(=O)CNCCOC)C1CCC1.Cl. The smallest absolute Gasteiger partial charge is 0.234 e. The lowest BCUT2D eigenvalue weighted by Gasteiger charge is -2.34. The highest BCUT2D eigenvalue weighted by Crippen LogP contribution is 2.31. The van der Waals surface area contributed by atoms with E-state index >= 15 is 0 Å². The molecule has 114 valence electrons. The Morgan fingerprint density at radius 3 is 2.68 bits per heavy atom. The van der Waals surface area contributed by atoms with Gasteiger partial charge in [0.05, 0.1) is 13.2 Å². The maximum absolute atomic E-state index is 11.8. The summed E-state index contributed by atoms with van der Waals surface area (Å²) in [5, 5.41) is 6.27. The van der Waals surface area contributed by atoms with E-state index in [0.717, 1.165) is 18.9 Å². The summed E-state index contributed by atoms with van der Waals surface area (Å²) in [6.07, 6.45) is 7.43. The van der Waals surface area contributed by atoms with Crippen LogP contribution in [0, 0.1) is 5.92 Å². The monoisotopic (exact) mass is 292 g/mol. The first-order valence-corrected chi connectivity index (χ1v) is 7.27. The van der Waals surface area contributed by atoms with Gasteiger partial charge in [-0.1, -0.05) is 26.2 Å². The molecule has 4 nitrogen and oxygen atoms in total. The zero-order valence-corrected chi connectivity index (χ0v) is 13.1. The van der Waals surface area contributed by atoms with E-state index < -0.39 is 0 Å². The second kappa shape index (κ2) is 11.5. The molecular weight excluding hydrogens is 264 g/mol. The fraction of sp³-hybridized carbons (Fsp3) is 0.929. The van der Waals surface area contributed by atoms with Crippen LogP contribution in [0.3, 0.4) is 0 Å². The zero-order chi connectivity index (χ0) is 13.2. The van der Waals surface area contributed by atoms with Crippen molar-refractivity contribution in [2.45, 2.75) is 51.5 Å². The van der Waals surface area contributed by atoms with E-state index in [4.69, 9.17) is 4.74 Å². The highest BCUT2D eigenvalue weighted by Gasteiger charge is 2.27. The number of carbonyl (C=O) groups is 1.